The fourth-order valence-electron chi connectivity index (χ4n) is 2.80. The minimum atomic E-state index is -0.613. The molecule has 6 nitrogen and oxygen atoms in total. The normalized spacial score (nSPS) is 14.0. The fraction of sp³-hybridized carbons (Fsp3) is 0.200. The van der Waals surface area contributed by atoms with Crippen LogP contribution in [0.25, 0.3) is 0 Å². The number of aryl methyl sites for hydroxylation is 2. The van der Waals surface area contributed by atoms with Crippen molar-refractivity contribution in [3.8, 4) is 11.5 Å². The van der Waals surface area contributed by atoms with Crippen LogP contribution in [0.1, 0.15) is 11.1 Å². The van der Waals surface area contributed by atoms with E-state index in [4.69, 9.17) is 21.1 Å². The number of carbonyl (C=O) groups is 2. The van der Waals surface area contributed by atoms with E-state index in [0.29, 0.717) is 22.9 Å². The topological polar surface area (TPSA) is 67.9 Å². The molecule has 0 unspecified atom stereocenters. The van der Waals surface area contributed by atoms with E-state index in [-0.39, 0.29) is 10.7 Å². The number of hydrogen-bond donors (Lipinski definition) is 1. The molecule has 27 heavy (non-hydrogen) atoms. The molecule has 0 saturated carbocycles. The van der Waals surface area contributed by atoms with Gasteiger partial charge < -0.3 is 14.8 Å². The maximum Gasteiger partial charge on any atom is 0.283 e. The zero-order valence-electron chi connectivity index (χ0n) is 15.4. The summed E-state index contributed by atoms with van der Waals surface area (Å²) in [6, 6.07) is 10.6. The third kappa shape index (κ3) is 3.36. The summed E-state index contributed by atoms with van der Waals surface area (Å²) in [4.78, 5) is 26.6. The van der Waals surface area contributed by atoms with Crippen LogP contribution >= 0.6 is 11.6 Å². The first kappa shape index (κ1) is 18.8. The van der Waals surface area contributed by atoms with E-state index >= 15 is 0 Å². The number of methoxy groups -OCH3 is 2. The van der Waals surface area contributed by atoms with Gasteiger partial charge in [0.2, 0.25) is 0 Å². The third-order valence-corrected chi connectivity index (χ3v) is 4.66. The molecule has 0 fully saturated rings. The Kier molecular flexibility index (Phi) is 5.10. The van der Waals surface area contributed by atoms with Crippen molar-refractivity contribution < 1.29 is 19.1 Å². The highest BCUT2D eigenvalue weighted by Crippen LogP contribution is 2.37. The van der Waals surface area contributed by atoms with Gasteiger partial charge in [0, 0.05) is 11.8 Å². The standard InChI is InChI=1S/C20H19ClN2O4/c1-11-5-6-12(2)14(9-11)22-18-17(21)19(24)23(20(18)25)15-8-7-13(26-3)10-16(15)27-4/h5-10,22H,1-4H3. The first-order chi connectivity index (χ1) is 12.9. The summed E-state index contributed by atoms with van der Waals surface area (Å²) in [5, 5.41) is 2.84. The molecule has 140 valence electrons. The number of carbonyl (C=O) groups excluding carboxylic acids is 2. The third-order valence-electron chi connectivity index (χ3n) is 4.31. The number of amides is 2. The lowest BCUT2D eigenvalue weighted by atomic mass is 10.1. The number of imide groups is 1. The average molecular weight is 387 g/mol. The summed E-state index contributed by atoms with van der Waals surface area (Å²) >= 11 is 6.20. The van der Waals surface area contributed by atoms with E-state index < -0.39 is 11.8 Å². The van der Waals surface area contributed by atoms with Crippen molar-refractivity contribution in [3.05, 3.63) is 58.3 Å². The molecule has 0 atom stereocenters. The molecule has 0 bridgehead atoms. The van der Waals surface area contributed by atoms with E-state index in [9.17, 15) is 9.59 Å². The number of nitrogens with zero attached hydrogens (tertiary/aromatic N) is 1. The van der Waals surface area contributed by atoms with Crippen molar-refractivity contribution >= 4 is 34.8 Å². The second kappa shape index (κ2) is 7.32. The van der Waals surface area contributed by atoms with Crippen LogP contribution in [-0.4, -0.2) is 26.0 Å². The Balaban J connectivity index is 1.98. The average Bonchev–Trinajstić information content (AvgIpc) is 2.87. The van der Waals surface area contributed by atoms with Crippen LogP contribution in [0, 0.1) is 13.8 Å². The highest BCUT2D eigenvalue weighted by atomic mass is 35.5. The number of rotatable bonds is 5. The molecular weight excluding hydrogens is 368 g/mol. The van der Waals surface area contributed by atoms with Crippen molar-refractivity contribution in [3.63, 3.8) is 0 Å². The number of hydrogen-bond acceptors (Lipinski definition) is 5. The summed E-state index contributed by atoms with van der Waals surface area (Å²) in [5.41, 5.74) is 2.99. The SMILES string of the molecule is COc1ccc(N2C(=O)C(Cl)=C(Nc3cc(C)ccc3C)C2=O)c(OC)c1. The summed E-state index contributed by atoms with van der Waals surface area (Å²) in [7, 11) is 2.97. The predicted octanol–water partition coefficient (Wildman–Crippen LogP) is 3.76. The van der Waals surface area contributed by atoms with E-state index in [2.05, 4.69) is 5.32 Å². The lowest BCUT2D eigenvalue weighted by Gasteiger charge is -2.19. The molecule has 0 radical (unpaired) electrons. The Bertz CT molecular complexity index is 968. The van der Waals surface area contributed by atoms with Gasteiger partial charge in [-0.1, -0.05) is 23.7 Å². The summed E-state index contributed by atoms with van der Waals surface area (Å²) < 4.78 is 10.5. The molecule has 0 spiro atoms. The Hall–Kier alpha value is -2.99. The molecule has 0 aliphatic carbocycles. The molecule has 2 aromatic carbocycles. The summed E-state index contributed by atoms with van der Waals surface area (Å²) in [6.07, 6.45) is 0. The number of anilines is 2. The first-order valence-corrected chi connectivity index (χ1v) is 8.60. The molecule has 1 aliphatic heterocycles. The zero-order valence-corrected chi connectivity index (χ0v) is 16.2. The van der Waals surface area contributed by atoms with Gasteiger partial charge in [-0.05, 0) is 43.2 Å². The second-order valence-corrected chi connectivity index (χ2v) is 6.49. The Morgan fingerprint density at radius 3 is 2.37 bits per heavy atom. The van der Waals surface area contributed by atoms with Gasteiger partial charge in [-0.15, -0.1) is 0 Å². The van der Waals surface area contributed by atoms with Crippen LogP contribution < -0.4 is 19.7 Å². The minimum Gasteiger partial charge on any atom is -0.497 e. The maximum absolute atomic E-state index is 13.0. The van der Waals surface area contributed by atoms with Gasteiger partial charge in [0.05, 0.1) is 19.9 Å². The monoisotopic (exact) mass is 386 g/mol. The zero-order chi connectivity index (χ0) is 19.7. The van der Waals surface area contributed by atoms with Crippen molar-refractivity contribution in [2.75, 3.05) is 24.4 Å². The number of ether oxygens (including phenoxy) is 2. The molecule has 7 heteroatoms. The van der Waals surface area contributed by atoms with E-state index in [0.717, 1.165) is 16.0 Å². The highest BCUT2D eigenvalue weighted by Gasteiger charge is 2.40. The van der Waals surface area contributed by atoms with Gasteiger partial charge in [0.1, 0.15) is 22.2 Å². The van der Waals surface area contributed by atoms with Gasteiger partial charge in [-0.2, -0.15) is 0 Å². The van der Waals surface area contributed by atoms with E-state index in [1.54, 1.807) is 18.2 Å². The van der Waals surface area contributed by atoms with Gasteiger partial charge in [-0.25, -0.2) is 4.90 Å². The maximum atomic E-state index is 13.0. The molecule has 2 amide bonds. The molecule has 0 saturated heterocycles. The van der Waals surface area contributed by atoms with E-state index in [1.165, 1.54) is 14.2 Å². The second-order valence-electron chi connectivity index (χ2n) is 6.12. The van der Waals surface area contributed by atoms with Crippen LogP contribution in [0.15, 0.2) is 47.1 Å². The summed E-state index contributed by atoms with van der Waals surface area (Å²) in [6.45, 7) is 3.85. The van der Waals surface area contributed by atoms with Crippen LogP contribution in [0.3, 0.4) is 0 Å². The smallest absolute Gasteiger partial charge is 0.283 e. The Labute approximate surface area is 162 Å². The largest absolute Gasteiger partial charge is 0.497 e. The molecule has 1 aliphatic rings. The van der Waals surface area contributed by atoms with Gasteiger partial charge >= 0.3 is 0 Å². The molecule has 0 aromatic heterocycles. The van der Waals surface area contributed by atoms with Crippen LogP contribution in [-0.2, 0) is 9.59 Å². The lowest BCUT2D eigenvalue weighted by Crippen LogP contribution is -2.32. The van der Waals surface area contributed by atoms with Crippen molar-refractivity contribution in [2.24, 2.45) is 0 Å². The first-order valence-electron chi connectivity index (χ1n) is 8.22. The van der Waals surface area contributed by atoms with E-state index in [1.807, 2.05) is 32.0 Å². The molecule has 1 heterocycles. The van der Waals surface area contributed by atoms with Crippen LogP contribution in [0.4, 0.5) is 11.4 Å². The minimum absolute atomic E-state index is 0.0354. The Morgan fingerprint density at radius 2 is 1.70 bits per heavy atom. The van der Waals surface area contributed by atoms with Gasteiger partial charge in [-0.3, -0.25) is 9.59 Å². The molecule has 2 aromatic rings. The van der Waals surface area contributed by atoms with Crippen molar-refractivity contribution in [1.29, 1.82) is 0 Å². The number of benzene rings is 2. The lowest BCUT2D eigenvalue weighted by molar-refractivity contribution is -0.120. The number of nitrogens with one attached hydrogen (secondary N) is 1. The predicted molar refractivity (Wildman–Crippen MR) is 104 cm³/mol. The van der Waals surface area contributed by atoms with Crippen molar-refractivity contribution in [1.82, 2.24) is 0 Å². The molecule has 3 rings (SSSR count). The number of halogens is 1. The van der Waals surface area contributed by atoms with Crippen LogP contribution in [0.5, 0.6) is 11.5 Å². The molecule has 1 N–H and O–H groups in total. The Morgan fingerprint density at radius 1 is 0.963 bits per heavy atom. The summed E-state index contributed by atoms with van der Waals surface area (Å²) in [5.74, 6) is -0.289. The fourth-order valence-corrected chi connectivity index (χ4v) is 3.02. The van der Waals surface area contributed by atoms with Crippen LogP contribution in [0.2, 0.25) is 0 Å². The molecular formula is C20H19ClN2O4. The van der Waals surface area contributed by atoms with Gasteiger partial charge in [0.15, 0.2) is 0 Å². The highest BCUT2D eigenvalue weighted by molar-refractivity contribution is 6.53. The quantitative estimate of drug-likeness (QED) is 0.792. The van der Waals surface area contributed by atoms with Gasteiger partial charge in [0.25, 0.3) is 11.8 Å². The van der Waals surface area contributed by atoms with Crippen molar-refractivity contribution in [2.45, 2.75) is 13.8 Å².